The molecule has 2 aromatic heterocycles. The molecule has 0 amide bonds. The van der Waals surface area contributed by atoms with Crippen LogP contribution in [0.3, 0.4) is 0 Å². The first-order chi connectivity index (χ1) is 14.5. The quantitative estimate of drug-likeness (QED) is 0.400. The van der Waals surface area contributed by atoms with Gasteiger partial charge in [-0.25, -0.2) is 4.98 Å². The predicted molar refractivity (Wildman–Crippen MR) is 105 cm³/mol. The number of nitrogen functional groups attached to an aromatic ring is 1. The Balaban J connectivity index is 1.51. The van der Waals surface area contributed by atoms with Gasteiger partial charge in [0.2, 0.25) is 0 Å². The number of aliphatic hydroxyl groups is 3. The van der Waals surface area contributed by atoms with Crippen molar-refractivity contribution in [2.45, 2.75) is 31.0 Å². The summed E-state index contributed by atoms with van der Waals surface area (Å²) in [5.41, 5.74) is 7.65. The van der Waals surface area contributed by atoms with Crippen LogP contribution in [0.25, 0.3) is 11.2 Å². The second-order valence-corrected chi connectivity index (χ2v) is 6.89. The van der Waals surface area contributed by atoms with Crippen LogP contribution < -0.4 is 15.2 Å². The Morgan fingerprint density at radius 1 is 1.17 bits per heavy atom. The summed E-state index contributed by atoms with van der Waals surface area (Å²) in [7, 11) is 1.61. The number of aliphatic hydroxyl groups excluding tert-OH is 3. The van der Waals surface area contributed by atoms with E-state index >= 15 is 0 Å². The Morgan fingerprint density at radius 3 is 2.60 bits per heavy atom. The molecule has 3 heterocycles. The highest BCUT2D eigenvalue weighted by molar-refractivity contribution is 5.82. The molecule has 30 heavy (non-hydrogen) atoms. The van der Waals surface area contributed by atoms with Crippen LogP contribution in [-0.2, 0) is 11.2 Å². The van der Waals surface area contributed by atoms with Gasteiger partial charge in [-0.15, -0.1) is 0 Å². The molecular weight excluding hydrogens is 394 g/mol. The number of benzene rings is 1. The number of aromatic nitrogens is 4. The van der Waals surface area contributed by atoms with Crippen molar-refractivity contribution in [1.82, 2.24) is 19.5 Å². The number of hydrogen-bond donors (Lipinski definition) is 4. The molecule has 0 saturated carbocycles. The zero-order valence-corrected chi connectivity index (χ0v) is 16.3. The van der Waals surface area contributed by atoms with Gasteiger partial charge in [0, 0.05) is 6.42 Å². The van der Waals surface area contributed by atoms with Gasteiger partial charge >= 0.3 is 6.01 Å². The third-order valence-electron chi connectivity index (χ3n) is 5.00. The smallest absolute Gasteiger partial charge is 0.320 e. The van der Waals surface area contributed by atoms with Crippen molar-refractivity contribution in [3.8, 4) is 11.8 Å². The summed E-state index contributed by atoms with van der Waals surface area (Å²) in [6.45, 7) is -0.114. The van der Waals surface area contributed by atoms with Crippen molar-refractivity contribution in [1.29, 1.82) is 0 Å². The molecule has 4 atom stereocenters. The van der Waals surface area contributed by atoms with Crippen LogP contribution in [-0.4, -0.2) is 73.5 Å². The molecule has 1 saturated heterocycles. The van der Waals surface area contributed by atoms with Crippen molar-refractivity contribution in [3.05, 3.63) is 36.2 Å². The molecule has 5 N–H and O–H groups in total. The lowest BCUT2D eigenvalue weighted by molar-refractivity contribution is -0.0511. The van der Waals surface area contributed by atoms with E-state index in [-0.39, 0.29) is 17.5 Å². The first kappa shape index (κ1) is 20.3. The standard InChI is InChI=1S/C19H23N5O6/c1-28-11-4-2-10(3-5-11)6-7-29-19-22-16(20)13-17(23-19)24(9-21-13)18-15(27)14(26)12(8-25)30-18/h2-5,9,12,14-15,18,25-27H,6-8H2,1H3,(H2,20,22,23)/t12-,14?,15?,18-/m1/s1. The summed E-state index contributed by atoms with van der Waals surface area (Å²) in [4.78, 5) is 12.6. The number of nitrogens with two attached hydrogens (primary N) is 1. The van der Waals surface area contributed by atoms with Gasteiger partial charge < -0.3 is 35.3 Å². The van der Waals surface area contributed by atoms with Gasteiger partial charge in [-0.3, -0.25) is 4.57 Å². The molecule has 2 unspecified atom stereocenters. The average molecular weight is 417 g/mol. The minimum Gasteiger partial charge on any atom is -0.497 e. The van der Waals surface area contributed by atoms with Crippen molar-refractivity contribution in [2.75, 3.05) is 26.1 Å². The Bertz CT molecular complexity index is 1010. The fourth-order valence-electron chi connectivity index (χ4n) is 3.33. The molecule has 1 aromatic carbocycles. The molecule has 11 heteroatoms. The Hall–Kier alpha value is -2.99. The summed E-state index contributed by atoms with van der Waals surface area (Å²) in [6.07, 6.45) is -2.39. The molecule has 3 aromatic rings. The predicted octanol–water partition coefficient (Wildman–Crippen LogP) is -0.350. The molecule has 1 fully saturated rings. The van der Waals surface area contributed by atoms with E-state index in [1.54, 1.807) is 7.11 Å². The van der Waals surface area contributed by atoms with Gasteiger partial charge in [0.1, 0.15) is 24.1 Å². The van der Waals surface area contributed by atoms with E-state index in [0.717, 1.165) is 11.3 Å². The highest BCUT2D eigenvalue weighted by atomic mass is 16.6. The second-order valence-electron chi connectivity index (χ2n) is 6.89. The Morgan fingerprint density at radius 2 is 1.93 bits per heavy atom. The van der Waals surface area contributed by atoms with E-state index in [1.807, 2.05) is 24.3 Å². The maximum atomic E-state index is 10.3. The number of imidazole rings is 1. The van der Waals surface area contributed by atoms with Gasteiger partial charge in [0.05, 0.1) is 26.7 Å². The average Bonchev–Trinajstić information content (AvgIpc) is 3.30. The maximum Gasteiger partial charge on any atom is 0.320 e. The Kier molecular flexibility index (Phi) is 5.68. The normalized spacial score (nSPS) is 23.7. The lowest BCUT2D eigenvalue weighted by Gasteiger charge is -2.16. The van der Waals surface area contributed by atoms with Gasteiger partial charge in [0.15, 0.2) is 23.2 Å². The lowest BCUT2D eigenvalue weighted by Crippen LogP contribution is -2.33. The van der Waals surface area contributed by atoms with E-state index in [4.69, 9.17) is 19.9 Å². The van der Waals surface area contributed by atoms with Crippen LogP contribution in [0, 0.1) is 0 Å². The second kappa shape index (κ2) is 8.40. The minimum absolute atomic E-state index is 0.0574. The van der Waals surface area contributed by atoms with Gasteiger partial charge in [0.25, 0.3) is 0 Å². The summed E-state index contributed by atoms with van der Waals surface area (Å²) in [6, 6.07) is 7.68. The van der Waals surface area contributed by atoms with Crippen LogP contribution in [0.1, 0.15) is 11.8 Å². The van der Waals surface area contributed by atoms with Gasteiger partial charge in [-0.1, -0.05) is 12.1 Å². The number of ether oxygens (including phenoxy) is 3. The van der Waals surface area contributed by atoms with Crippen molar-refractivity contribution < 1.29 is 29.5 Å². The number of rotatable bonds is 7. The molecule has 11 nitrogen and oxygen atoms in total. The number of methoxy groups -OCH3 is 1. The lowest BCUT2D eigenvalue weighted by atomic mass is 10.1. The molecule has 0 bridgehead atoms. The highest BCUT2D eigenvalue weighted by Gasteiger charge is 2.44. The monoisotopic (exact) mass is 417 g/mol. The van der Waals surface area contributed by atoms with E-state index < -0.39 is 31.1 Å². The topological polar surface area (TPSA) is 158 Å². The molecule has 1 aliphatic heterocycles. The van der Waals surface area contributed by atoms with Gasteiger partial charge in [-0.2, -0.15) is 9.97 Å². The first-order valence-electron chi connectivity index (χ1n) is 9.40. The minimum atomic E-state index is -1.27. The maximum absolute atomic E-state index is 10.3. The Labute approximate surface area is 171 Å². The van der Waals surface area contributed by atoms with E-state index in [1.165, 1.54) is 10.9 Å². The zero-order chi connectivity index (χ0) is 21.3. The first-order valence-corrected chi connectivity index (χ1v) is 9.40. The number of anilines is 1. The van der Waals surface area contributed by atoms with Crippen LogP contribution >= 0.6 is 0 Å². The molecule has 160 valence electrons. The van der Waals surface area contributed by atoms with Gasteiger partial charge in [-0.05, 0) is 17.7 Å². The third kappa shape index (κ3) is 3.75. The van der Waals surface area contributed by atoms with Crippen LogP contribution in [0.4, 0.5) is 5.82 Å². The molecule has 0 spiro atoms. The number of fused-ring (bicyclic) bond motifs is 1. The van der Waals surface area contributed by atoms with Crippen molar-refractivity contribution in [3.63, 3.8) is 0 Å². The van der Waals surface area contributed by atoms with E-state index in [0.29, 0.717) is 18.5 Å². The fraction of sp³-hybridized carbons (Fsp3) is 0.421. The molecule has 0 radical (unpaired) electrons. The van der Waals surface area contributed by atoms with Crippen LogP contribution in [0.15, 0.2) is 30.6 Å². The molecule has 4 rings (SSSR count). The SMILES string of the molecule is COc1ccc(CCOc2nc(N)c3ncn([C@@H]4O[C@H](CO)C(O)C4O)c3n2)cc1. The van der Waals surface area contributed by atoms with E-state index in [9.17, 15) is 15.3 Å². The number of hydrogen-bond acceptors (Lipinski definition) is 10. The zero-order valence-electron chi connectivity index (χ0n) is 16.3. The molecule has 1 aliphatic rings. The van der Waals surface area contributed by atoms with Crippen molar-refractivity contribution in [2.24, 2.45) is 0 Å². The summed E-state index contributed by atoms with van der Waals surface area (Å²) in [5.74, 6) is 0.893. The highest BCUT2D eigenvalue weighted by Crippen LogP contribution is 2.32. The summed E-state index contributed by atoms with van der Waals surface area (Å²) < 4.78 is 17.8. The largest absolute Gasteiger partial charge is 0.497 e. The third-order valence-corrected chi connectivity index (χ3v) is 5.00. The van der Waals surface area contributed by atoms with Crippen LogP contribution in [0.2, 0.25) is 0 Å². The van der Waals surface area contributed by atoms with E-state index in [2.05, 4.69) is 15.0 Å². The fourth-order valence-corrected chi connectivity index (χ4v) is 3.33. The summed E-state index contributed by atoms with van der Waals surface area (Å²) in [5, 5.41) is 29.6. The number of nitrogens with zero attached hydrogens (tertiary/aromatic N) is 4. The summed E-state index contributed by atoms with van der Waals surface area (Å²) >= 11 is 0. The molecular formula is C19H23N5O6. The van der Waals surface area contributed by atoms with Crippen LogP contribution in [0.5, 0.6) is 11.8 Å². The van der Waals surface area contributed by atoms with Crippen molar-refractivity contribution >= 4 is 17.0 Å². The molecule has 0 aliphatic carbocycles.